The van der Waals surface area contributed by atoms with Crippen LogP contribution in [0.15, 0.2) is 60.5 Å². The molecule has 0 bridgehead atoms. The predicted molar refractivity (Wildman–Crippen MR) is 146 cm³/mol. The second-order valence-electron chi connectivity index (χ2n) is 8.64. The maximum absolute atomic E-state index is 13.3. The number of H-pyrrole nitrogens is 1. The van der Waals surface area contributed by atoms with E-state index in [2.05, 4.69) is 51.6 Å². The van der Waals surface area contributed by atoms with Gasteiger partial charge in [-0.25, -0.2) is 14.5 Å². The van der Waals surface area contributed by atoms with Crippen LogP contribution in [0.3, 0.4) is 0 Å². The van der Waals surface area contributed by atoms with Crippen LogP contribution >= 0.6 is 11.3 Å². The average molecular weight is 516 g/mol. The first-order valence-electron chi connectivity index (χ1n) is 12.2. The van der Waals surface area contributed by atoms with E-state index in [9.17, 15) is 4.79 Å². The highest BCUT2D eigenvalue weighted by Gasteiger charge is 2.18. The maximum Gasteiger partial charge on any atom is 0.251 e. The molecule has 190 valence electrons. The molecule has 11 heteroatoms. The van der Waals surface area contributed by atoms with Gasteiger partial charge in [-0.15, -0.1) is 11.3 Å². The zero-order valence-electron chi connectivity index (χ0n) is 21.0. The molecule has 37 heavy (non-hydrogen) atoms. The number of aromatic nitrogens is 6. The van der Waals surface area contributed by atoms with Crippen LogP contribution in [-0.2, 0) is 0 Å². The van der Waals surface area contributed by atoms with Crippen LogP contribution < -0.4 is 10.6 Å². The van der Waals surface area contributed by atoms with Crippen molar-refractivity contribution >= 4 is 34.4 Å². The SMILES string of the molecule is CCN(CC)[C@@H](C)CNC(=O)c1cc(Nc2cn[nH]c2)nc(-c2cnn3ccc(-c4cccs4)nc23)c1. The molecule has 0 aromatic carbocycles. The fourth-order valence-electron chi connectivity index (χ4n) is 4.26. The van der Waals surface area contributed by atoms with Gasteiger partial charge >= 0.3 is 0 Å². The van der Waals surface area contributed by atoms with Gasteiger partial charge in [0.2, 0.25) is 0 Å². The van der Waals surface area contributed by atoms with Crippen LogP contribution in [0.2, 0.25) is 0 Å². The van der Waals surface area contributed by atoms with Crippen molar-refractivity contribution in [3.63, 3.8) is 0 Å². The number of anilines is 2. The molecule has 10 nitrogen and oxygen atoms in total. The number of carbonyl (C=O) groups excluding carboxylic acids is 1. The Bertz CT molecular complexity index is 1470. The maximum atomic E-state index is 13.3. The quantitative estimate of drug-likeness (QED) is 0.252. The van der Waals surface area contributed by atoms with Crippen molar-refractivity contribution in [3.8, 4) is 21.8 Å². The second-order valence-corrected chi connectivity index (χ2v) is 9.58. The number of hydrogen-bond donors (Lipinski definition) is 3. The molecule has 0 aliphatic heterocycles. The Kier molecular flexibility index (Phi) is 7.24. The van der Waals surface area contributed by atoms with E-state index in [1.165, 1.54) is 0 Å². The van der Waals surface area contributed by atoms with Gasteiger partial charge in [-0.2, -0.15) is 10.2 Å². The molecule has 0 fully saturated rings. The zero-order valence-corrected chi connectivity index (χ0v) is 21.8. The first-order chi connectivity index (χ1) is 18.1. The summed E-state index contributed by atoms with van der Waals surface area (Å²) in [6.07, 6.45) is 7.00. The lowest BCUT2D eigenvalue weighted by Crippen LogP contribution is -2.42. The monoisotopic (exact) mass is 515 g/mol. The van der Waals surface area contributed by atoms with Gasteiger partial charge in [0.15, 0.2) is 5.65 Å². The summed E-state index contributed by atoms with van der Waals surface area (Å²) in [5, 5.41) is 19.6. The molecule has 1 amide bonds. The molecule has 0 aliphatic carbocycles. The van der Waals surface area contributed by atoms with Crippen LogP contribution in [0.5, 0.6) is 0 Å². The van der Waals surface area contributed by atoms with Gasteiger partial charge in [0.05, 0.1) is 39.9 Å². The summed E-state index contributed by atoms with van der Waals surface area (Å²) in [6.45, 7) is 8.78. The number of hydrogen-bond acceptors (Lipinski definition) is 8. The fraction of sp³-hybridized carbons (Fsp3) is 0.269. The smallest absolute Gasteiger partial charge is 0.251 e. The van der Waals surface area contributed by atoms with E-state index in [1.54, 1.807) is 46.6 Å². The molecule has 0 saturated carbocycles. The molecular formula is C26H29N9OS. The van der Waals surface area contributed by atoms with Crippen LogP contribution in [0.25, 0.3) is 27.5 Å². The van der Waals surface area contributed by atoms with Crippen molar-refractivity contribution in [1.29, 1.82) is 0 Å². The highest BCUT2D eigenvalue weighted by molar-refractivity contribution is 7.13. The normalized spacial score (nSPS) is 12.2. The van der Waals surface area contributed by atoms with Crippen molar-refractivity contribution in [2.45, 2.75) is 26.8 Å². The number of fused-ring (bicyclic) bond motifs is 1. The zero-order chi connectivity index (χ0) is 25.8. The first kappa shape index (κ1) is 24.6. The van der Waals surface area contributed by atoms with Crippen LogP contribution in [0.1, 0.15) is 31.1 Å². The summed E-state index contributed by atoms with van der Waals surface area (Å²) in [5.74, 6) is 0.358. The third-order valence-electron chi connectivity index (χ3n) is 6.27. The van der Waals surface area contributed by atoms with Crippen LogP contribution in [0, 0.1) is 0 Å². The standard InChI is InChI=1S/C26H29N9OS/c1-4-34(5-2)17(3)13-27-26(36)18-11-22(32-24(12-18)31-19-14-28-29-15-19)20-16-30-35-9-8-21(33-25(20)35)23-7-6-10-37-23/h6-12,14-17H,4-5,13H2,1-3H3,(H,27,36)(H,28,29)(H,31,32)/t17-/m0/s1. The van der Waals surface area contributed by atoms with E-state index < -0.39 is 0 Å². The lowest BCUT2D eigenvalue weighted by atomic mass is 10.1. The molecular weight excluding hydrogens is 486 g/mol. The minimum atomic E-state index is -0.165. The molecule has 5 aromatic rings. The summed E-state index contributed by atoms with van der Waals surface area (Å²) in [5.41, 5.74) is 4.10. The predicted octanol–water partition coefficient (Wildman–Crippen LogP) is 4.45. The van der Waals surface area contributed by atoms with E-state index in [1.807, 2.05) is 29.8 Å². The third kappa shape index (κ3) is 5.37. The Hall–Kier alpha value is -4.09. The van der Waals surface area contributed by atoms with E-state index >= 15 is 0 Å². The van der Waals surface area contributed by atoms with E-state index in [0.29, 0.717) is 29.3 Å². The van der Waals surface area contributed by atoms with E-state index in [-0.39, 0.29) is 11.9 Å². The Balaban J connectivity index is 1.50. The summed E-state index contributed by atoms with van der Waals surface area (Å²) >= 11 is 1.63. The molecule has 0 unspecified atom stereocenters. The van der Waals surface area contributed by atoms with Crippen LogP contribution in [-0.4, -0.2) is 66.3 Å². The molecule has 5 rings (SSSR count). The summed E-state index contributed by atoms with van der Waals surface area (Å²) in [7, 11) is 0. The van der Waals surface area contributed by atoms with Gasteiger partial charge in [-0.1, -0.05) is 19.9 Å². The van der Waals surface area contributed by atoms with E-state index in [0.717, 1.165) is 34.9 Å². The number of thiophene rings is 1. The van der Waals surface area contributed by atoms with Gasteiger partial charge in [-0.3, -0.25) is 14.8 Å². The fourth-order valence-corrected chi connectivity index (χ4v) is 4.96. The lowest BCUT2D eigenvalue weighted by molar-refractivity contribution is 0.0938. The van der Waals surface area contributed by atoms with Crippen molar-refractivity contribution < 1.29 is 4.79 Å². The van der Waals surface area contributed by atoms with Gasteiger partial charge in [0.25, 0.3) is 5.91 Å². The number of carbonyl (C=O) groups is 1. The van der Waals surface area contributed by atoms with E-state index in [4.69, 9.17) is 9.97 Å². The molecule has 0 saturated heterocycles. The minimum Gasteiger partial charge on any atom is -0.350 e. The third-order valence-corrected chi connectivity index (χ3v) is 7.16. The first-order valence-corrected chi connectivity index (χ1v) is 13.1. The highest BCUT2D eigenvalue weighted by atomic mass is 32.1. The topological polar surface area (TPSA) is 116 Å². The largest absolute Gasteiger partial charge is 0.350 e. The lowest BCUT2D eigenvalue weighted by Gasteiger charge is -2.26. The summed E-state index contributed by atoms with van der Waals surface area (Å²) in [6, 6.07) is 9.73. The molecule has 0 spiro atoms. The van der Waals surface area contributed by atoms with Crippen molar-refractivity contribution in [1.82, 2.24) is 40.0 Å². The van der Waals surface area contributed by atoms with Crippen molar-refractivity contribution in [2.24, 2.45) is 0 Å². The number of nitrogens with zero attached hydrogens (tertiary/aromatic N) is 6. The molecule has 1 atom stereocenters. The number of nitrogens with one attached hydrogen (secondary N) is 3. The van der Waals surface area contributed by atoms with Gasteiger partial charge in [0.1, 0.15) is 5.82 Å². The number of likely N-dealkylation sites (N-methyl/N-ethyl adjacent to an activating group) is 1. The average Bonchev–Trinajstić information content (AvgIpc) is 3.69. The minimum absolute atomic E-state index is 0.165. The Morgan fingerprint density at radius 1 is 1.16 bits per heavy atom. The van der Waals surface area contributed by atoms with Gasteiger partial charge in [-0.05, 0) is 49.7 Å². The Morgan fingerprint density at radius 3 is 2.76 bits per heavy atom. The van der Waals surface area contributed by atoms with Crippen molar-refractivity contribution in [3.05, 3.63) is 66.1 Å². The van der Waals surface area contributed by atoms with Crippen LogP contribution in [0.4, 0.5) is 11.5 Å². The van der Waals surface area contributed by atoms with Gasteiger partial charge in [0, 0.05) is 30.5 Å². The van der Waals surface area contributed by atoms with Crippen molar-refractivity contribution in [2.75, 3.05) is 25.0 Å². The second kappa shape index (κ2) is 10.9. The summed E-state index contributed by atoms with van der Waals surface area (Å²) in [4.78, 5) is 26.3. The number of rotatable bonds is 10. The Morgan fingerprint density at radius 2 is 2.03 bits per heavy atom. The molecule has 5 aromatic heterocycles. The number of pyridine rings is 1. The molecule has 5 heterocycles. The molecule has 0 aliphatic rings. The van der Waals surface area contributed by atoms with Gasteiger partial charge < -0.3 is 10.6 Å². The number of aromatic amines is 1. The molecule has 0 radical (unpaired) electrons. The highest BCUT2D eigenvalue weighted by Crippen LogP contribution is 2.29. The Labute approximate surface area is 218 Å². The summed E-state index contributed by atoms with van der Waals surface area (Å²) < 4.78 is 1.72. The molecule has 3 N–H and O–H groups in total. The number of amides is 1.